The highest BCUT2D eigenvalue weighted by Crippen LogP contribution is 2.07. The maximum absolute atomic E-state index is 12.7. The number of nitrogens with zero attached hydrogens (tertiary/aromatic N) is 3. The summed E-state index contributed by atoms with van der Waals surface area (Å²) in [5, 5.41) is 18.3. The molecule has 0 N–H and O–H groups in total. The van der Waals surface area contributed by atoms with E-state index in [0.717, 1.165) is 11.1 Å². The lowest BCUT2D eigenvalue weighted by Crippen LogP contribution is -2.32. The van der Waals surface area contributed by atoms with E-state index in [0.29, 0.717) is 28.8 Å². The van der Waals surface area contributed by atoms with Crippen LogP contribution < -0.4 is 14.8 Å². The third-order valence-corrected chi connectivity index (χ3v) is 4.68. The van der Waals surface area contributed by atoms with Gasteiger partial charge in [0.2, 0.25) is 0 Å². The van der Waals surface area contributed by atoms with Crippen LogP contribution in [0.25, 0.3) is 11.6 Å². The number of rotatable bonds is 5. The molecular weight excluding hydrogens is 322 g/mol. The average Bonchev–Trinajstić information content (AvgIpc) is 2.88. The number of nitriles is 2. The first-order valence-electron chi connectivity index (χ1n) is 7.42. The molecule has 1 heterocycles. The minimum Gasteiger partial charge on any atom is -0.385 e. The second-order valence-electron chi connectivity index (χ2n) is 5.17. The van der Waals surface area contributed by atoms with Crippen LogP contribution in [-0.4, -0.2) is 18.3 Å². The van der Waals surface area contributed by atoms with Gasteiger partial charge in [0.25, 0.3) is 5.56 Å². The van der Waals surface area contributed by atoms with E-state index < -0.39 is 0 Å². The number of methoxy groups -OCH3 is 1. The van der Waals surface area contributed by atoms with Gasteiger partial charge in [-0.25, -0.2) is 0 Å². The smallest absolute Gasteiger partial charge is 0.269 e. The van der Waals surface area contributed by atoms with Crippen molar-refractivity contribution in [2.45, 2.75) is 19.9 Å². The van der Waals surface area contributed by atoms with Gasteiger partial charge in [0, 0.05) is 20.3 Å². The summed E-state index contributed by atoms with van der Waals surface area (Å²) in [6.45, 7) is 2.89. The second-order valence-corrected chi connectivity index (χ2v) is 6.20. The van der Waals surface area contributed by atoms with E-state index >= 15 is 0 Å². The molecule has 0 aliphatic heterocycles. The molecular formula is C18H17N3O2S. The van der Waals surface area contributed by atoms with Crippen molar-refractivity contribution in [3.63, 3.8) is 0 Å². The zero-order valence-corrected chi connectivity index (χ0v) is 14.4. The number of thiazole rings is 1. The van der Waals surface area contributed by atoms with E-state index in [4.69, 9.17) is 15.3 Å². The van der Waals surface area contributed by atoms with Gasteiger partial charge < -0.3 is 4.74 Å². The van der Waals surface area contributed by atoms with Crippen molar-refractivity contribution in [1.82, 2.24) is 4.57 Å². The fraction of sp³-hybridized carbons (Fsp3) is 0.278. The number of aryl methyl sites for hydroxylation is 1. The molecule has 0 aliphatic carbocycles. The standard InChI is InChI=1S/C18H17N3O2S/c1-13-6-3-4-7-14(13)10-16-17(22)21(8-5-9-23-2)18(24-16)15(11-19)12-20/h3-4,6-7,10H,5,8-9H2,1-2H3/b16-10+. The number of aromatic nitrogens is 1. The molecule has 6 heteroatoms. The van der Waals surface area contributed by atoms with E-state index in [2.05, 4.69) is 0 Å². The van der Waals surface area contributed by atoms with Crippen molar-refractivity contribution in [1.29, 1.82) is 10.5 Å². The SMILES string of the molecule is COCCCn1c(=C(C#N)C#N)s/c(=C/c2ccccc2C)c1=O. The fourth-order valence-electron chi connectivity index (χ4n) is 2.29. The van der Waals surface area contributed by atoms with Crippen LogP contribution >= 0.6 is 11.3 Å². The molecule has 0 spiro atoms. The van der Waals surface area contributed by atoms with Crippen molar-refractivity contribution in [3.05, 3.63) is 54.9 Å². The number of ether oxygens (including phenoxy) is 1. The molecule has 0 fully saturated rings. The van der Waals surface area contributed by atoms with Crippen LogP contribution in [0, 0.1) is 29.6 Å². The van der Waals surface area contributed by atoms with Crippen LogP contribution in [0.2, 0.25) is 0 Å². The first kappa shape index (κ1) is 17.7. The van der Waals surface area contributed by atoms with Gasteiger partial charge in [-0.3, -0.25) is 9.36 Å². The van der Waals surface area contributed by atoms with Gasteiger partial charge >= 0.3 is 0 Å². The highest BCUT2D eigenvalue weighted by atomic mass is 32.1. The van der Waals surface area contributed by atoms with Crippen molar-refractivity contribution in [2.24, 2.45) is 0 Å². The van der Waals surface area contributed by atoms with Crippen LogP contribution in [-0.2, 0) is 11.3 Å². The molecule has 0 radical (unpaired) electrons. The fourth-order valence-corrected chi connectivity index (χ4v) is 3.36. The van der Waals surface area contributed by atoms with Crippen LogP contribution in [0.5, 0.6) is 0 Å². The molecule has 0 bridgehead atoms. The van der Waals surface area contributed by atoms with Crippen molar-refractivity contribution in [3.8, 4) is 12.1 Å². The highest BCUT2D eigenvalue weighted by molar-refractivity contribution is 7.07. The Kier molecular flexibility index (Phi) is 6.08. The van der Waals surface area contributed by atoms with Crippen molar-refractivity contribution >= 4 is 23.0 Å². The summed E-state index contributed by atoms with van der Waals surface area (Å²) in [5.41, 5.74) is 1.78. The Labute approximate surface area is 144 Å². The van der Waals surface area contributed by atoms with Crippen LogP contribution in [0.1, 0.15) is 17.5 Å². The average molecular weight is 339 g/mol. The highest BCUT2D eigenvalue weighted by Gasteiger charge is 2.09. The van der Waals surface area contributed by atoms with Gasteiger partial charge in [-0.15, -0.1) is 11.3 Å². The molecule has 122 valence electrons. The second kappa shape index (κ2) is 8.26. The molecule has 5 nitrogen and oxygen atoms in total. The summed E-state index contributed by atoms with van der Waals surface area (Å²) >= 11 is 1.18. The zero-order valence-electron chi connectivity index (χ0n) is 13.6. The van der Waals surface area contributed by atoms with Crippen molar-refractivity contribution < 1.29 is 4.74 Å². The lowest BCUT2D eigenvalue weighted by molar-refractivity contribution is 0.190. The Morgan fingerprint density at radius 1 is 1.33 bits per heavy atom. The van der Waals surface area contributed by atoms with Gasteiger partial charge in [-0.1, -0.05) is 24.3 Å². The monoisotopic (exact) mass is 339 g/mol. The normalized spacial score (nSPS) is 11.1. The van der Waals surface area contributed by atoms with E-state index in [1.54, 1.807) is 7.11 Å². The van der Waals surface area contributed by atoms with E-state index in [1.807, 2.05) is 49.4 Å². The molecule has 0 saturated carbocycles. The summed E-state index contributed by atoms with van der Waals surface area (Å²) in [7, 11) is 1.59. The largest absolute Gasteiger partial charge is 0.385 e. The zero-order chi connectivity index (χ0) is 17.5. The third kappa shape index (κ3) is 3.80. The van der Waals surface area contributed by atoms with Crippen LogP contribution in [0.15, 0.2) is 29.1 Å². The quantitative estimate of drug-likeness (QED) is 0.769. The van der Waals surface area contributed by atoms with Crippen LogP contribution in [0.3, 0.4) is 0 Å². The maximum Gasteiger partial charge on any atom is 0.269 e. The van der Waals surface area contributed by atoms with Gasteiger partial charge in [0.05, 0.1) is 4.53 Å². The molecule has 0 unspecified atom stereocenters. The Hall–Kier alpha value is -2.67. The lowest BCUT2D eigenvalue weighted by atomic mass is 10.1. The summed E-state index contributed by atoms with van der Waals surface area (Å²) in [6, 6.07) is 11.5. The summed E-state index contributed by atoms with van der Waals surface area (Å²) in [6.07, 6.45) is 2.44. The Balaban J connectivity index is 2.69. The minimum atomic E-state index is -0.183. The van der Waals surface area contributed by atoms with Gasteiger partial charge in [0.15, 0.2) is 5.57 Å². The van der Waals surface area contributed by atoms with Gasteiger partial charge in [-0.2, -0.15) is 10.5 Å². The molecule has 0 saturated heterocycles. The summed E-state index contributed by atoms with van der Waals surface area (Å²) in [4.78, 5) is 12.7. The van der Waals surface area contributed by atoms with E-state index in [-0.39, 0.29) is 11.1 Å². The molecule has 2 aromatic rings. The first-order chi connectivity index (χ1) is 11.6. The Morgan fingerprint density at radius 3 is 2.67 bits per heavy atom. The minimum absolute atomic E-state index is 0.0426. The molecule has 2 rings (SSSR count). The predicted octanol–water partition coefficient (Wildman–Crippen LogP) is 1.28. The number of hydrogen-bond acceptors (Lipinski definition) is 5. The lowest BCUT2D eigenvalue weighted by Gasteiger charge is -2.01. The maximum atomic E-state index is 12.7. The van der Waals surface area contributed by atoms with Gasteiger partial charge in [-0.05, 0) is 30.5 Å². The van der Waals surface area contributed by atoms with Gasteiger partial charge in [0.1, 0.15) is 16.8 Å². The molecule has 0 amide bonds. The molecule has 24 heavy (non-hydrogen) atoms. The molecule has 0 aliphatic rings. The first-order valence-corrected chi connectivity index (χ1v) is 8.24. The number of hydrogen-bond donors (Lipinski definition) is 0. The predicted molar refractivity (Wildman–Crippen MR) is 93.7 cm³/mol. The van der Waals surface area contributed by atoms with E-state index in [9.17, 15) is 4.79 Å². The third-order valence-electron chi connectivity index (χ3n) is 3.55. The topological polar surface area (TPSA) is 78.8 Å². The van der Waals surface area contributed by atoms with Crippen LogP contribution in [0.4, 0.5) is 0 Å². The molecule has 1 aromatic carbocycles. The summed E-state index contributed by atoms with van der Waals surface area (Å²) < 4.78 is 7.43. The molecule has 0 atom stereocenters. The van der Waals surface area contributed by atoms with Crippen molar-refractivity contribution in [2.75, 3.05) is 13.7 Å². The Morgan fingerprint density at radius 2 is 2.04 bits per heavy atom. The van der Waals surface area contributed by atoms with E-state index in [1.165, 1.54) is 15.9 Å². The summed E-state index contributed by atoms with van der Waals surface area (Å²) in [5.74, 6) is 0. The number of benzene rings is 1. The molecule has 1 aromatic heterocycles. The Bertz CT molecular complexity index is 971.